The molecule has 22 heavy (non-hydrogen) atoms. The highest BCUT2D eigenvalue weighted by atomic mass is 16.5. The third-order valence-corrected chi connectivity index (χ3v) is 3.85. The van der Waals surface area contributed by atoms with E-state index in [1.807, 2.05) is 18.3 Å². The second-order valence-corrected chi connectivity index (χ2v) is 5.47. The zero-order valence-corrected chi connectivity index (χ0v) is 13.0. The Morgan fingerprint density at radius 1 is 1.23 bits per heavy atom. The molecule has 2 heterocycles. The van der Waals surface area contributed by atoms with Crippen molar-refractivity contribution in [3.05, 3.63) is 65.7 Å². The lowest BCUT2D eigenvalue weighted by Crippen LogP contribution is -2.21. The second-order valence-electron chi connectivity index (χ2n) is 5.47. The van der Waals surface area contributed by atoms with Crippen LogP contribution >= 0.6 is 0 Å². The number of anilines is 1. The van der Waals surface area contributed by atoms with Crippen LogP contribution in [-0.2, 0) is 12.8 Å². The Bertz CT molecular complexity index is 682. The largest absolute Gasteiger partial charge is 0.497 e. The van der Waals surface area contributed by atoms with E-state index in [0.717, 1.165) is 31.0 Å². The minimum absolute atomic E-state index is 0.827. The SMILES string of the molecule is COc1ccnc(CCc2cc(C)ccc2N2C=CNC2)c1. The molecule has 3 rings (SSSR count). The fraction of sp³-hybridized carbons (Fsp3) is 0.278. The Labute approximate surface area is 131 Å². The van der Waals surface area contributed by atoms with E-state index in [1.54, 1.807) is 13.3 Å². The van der Waals surface area contributed by atoms with E-state index in [4.69, 9.17) is 4.74 Å². The molecule has 0 spiro atoms. The van der Waals surface area contributed by atoms with E-state index in [1.165, 1.54) is 16.8 Å². The predicted molar refractivity (Wildman–Crippen MR) is 89.0 cm³/mol. The van der Waals surface area contributed by atoms with E-state index in [0.29, 0.717) is 0 Å². The van der Waals surface area contributed by atoms with Crippen molar-refractivity contribution in [1.29, 1.82) is 0 Å². The topological polar surface area (TPSA) is 37.4 Å². The van der Waals surface area contributed by atoms with Crippen molar-refractivity contribution in [3.63, 3.8) is 0 Å². The maximum Gasteiger partial charge on any atom is 0.122 e. The third-order valence-electron chi connectivity index (χ3n) is 3.85. The molecule has 1 aromatic heterocycles. The number of nitrogens with one attached hydrogen (secondary N) is 1. The zero-order valence-electron chi connectivity index (χ0n) is 13.0. The van der Waals surface area contributed by atoms with E-state index in [9.17, 15) is 0 Å². The summed E-state index contributed by atoms with van der Waals surface area (Å²) >= 11 is 0. The Morgan fingerprint density at radius 2 is 2.14 bits per heavy atom. The summed E-state index contributed by atoms with van der Waals surface area (Å²) in [5.41, 5.74) is 4.95. The molecule has 0 bridgehead atoms. The number of aryl methyl sites for hydroxylation is 3. The lowest BCUT2D eigenvalue weighted by Gasteiger charge is -2.20. The Morgan fingerprint density at radius 3 is 2.91 bits per heavy atom. The monoisotopic (exact) mass is 295 g/mol. The summed E-state index contributed by atoms with van der Waals surface area (Å²) in [5.74, 6) is 0.862. The predicted octanol–water partition coefficient (Wildman–Crippen LogP) is 3.02. The molecule has 0 atom stereocenters. The summed E-state index contributed by atoms with van der Waals surface area (Å²) in [4.78, 5) is 6.66. The van der Waals surface area contributed by atoms with Gasteiger partial charge in [-0.3, -0.25) is 4.98 Å². The number of rotatable bonds is 5. The van der Waals surface area contributed by atoms with E-state index in [-0.39, 0.29) is 0 Å². The van der Waals surface area contributed by atoms with E-state index in [2.05, 4.69) is 46.5 Å². The van der Waals surface area contributed by atoms with Gasteiger partial charge in [-0.25, -0.2) is 0 Å². The lowest BCUT2D eigenvalue weighted by molar-refractivity contribution is 0.413. The Balaban J connectivity index is 1.78. The summed E-state index contributed by atoms with van der Waals surface area (Å²) in [6.45, 7) is 2.96. The first kappa shape index (κ1) is 14.4. The van der Waals surface area contributed by atoms with Crippen molar-refractivity contribution >= 4 is 5.69 Å². The van der Waals surface area contributed by atoms with Crippen LogP contribution in [0.4, 0.5) is 5.69 Å². The van der Waals surface area contributed by atoms with E-state index < -0.39 is 0 Å². The number of hydrogen-bond acceptors (Lipinski definition) is 4. The molecule has 114 valence electrons. The number of methoxy groups -OCH3 is 1. The van der Waals surface area contributed by atoms with Crippen molar-refractivity contribution in [2.75, 3.05) is 18.7 Å². The molecule has 1 N–H and O–H groups in total. The molecule has 1 aromatic carbocycles. The molecule has 0 fully saturated rings. The first-order chi connectivity index (χ1) is 10.8. The van der Waals surface area contributed by atoms with Crippen molar-refractivity contribution in [1.82, 2.24) is 10.3 Å². The third kappa shape index (κ3) is 3.22. The van der Waals surface area contributed by atoms with Gasteiger partial charge in [0, 0.05) is 36.0 Å². The number of ether oxygens (including phenoxy) is 1. The quantitative estimate of drug-likeness (QED) is 0.920. The molecule has 4 heteroatoms. The van der Waals surface area contributed by atoms with Gasteiger partial charge in [0.15, 0.2) is 0 Å². The molecule has 0 saturated heterocycles. The molecule has 1 aliphatic heterocycles. The van der Waals surface area contributed by atoms with Gasteiger partial charge >= 0.3 is 0 Å². The van der Waals surface area contributed by atoms with Crippen LogP contribution in [0.1, 0.15) is 16.8 Å². The van der Waals surface area contributed by atoms with Gasteiger partial charge < -0.3 is 15.0 Å². The highest BCUT2D eigenvalue weighted by molar-refractivity contribution is 5.58. The van der Waals surface area contributed by atoms with Crippen LogP contribution in [0.2, 0.25) is 0 Å². The summed E-state index contributed by atoms with van der Waals surface area (Å²) in [6.07, 6.45) is 7.73. The van der Waals surface area contributed by atoms with Crippen molar-refractivity contribution in [3.8, 4) is 5.75 Å². The average molecular weight is 295 g/mol. The number of hydrogen-bond donors (Lipinski definition) is 1. The highest BCUT2D eigenvalue weighted by Crippen LogP contribution is 2.25. The van der Waals surface area contributed by atoms with Gasteiger partial charge in [-0.05, 0) is 37.5 Å². The number of nitrogens with zero attached hydrogens (tertiary/aromatic N) is 2. The van der Waals surface area contributed by atoms with Gasteiger partial charge in [0.2, 0.25) is 0 Å². The molecule has 4 nitrogen and oxygen atoms in total. The zero-order chi connectivity index (χ0) is 15.4. The van der Waals surface area contributed by atoms with Crippen LogP contribution in [0.3, 0.4) is 0 Å². The molecular formula is C18H21N3O. The minimum Gasteiger partial charge on any atom is -0.497 e. The van der Waals surface area contributed by atoms with Crippen molar-refractivity contribution in [2.24, 2.45) is 0 Å². The fourth-order valence-electron chi connectivity index (χ4n) is 2.69. The number of benzene rings is 1. The number of aromatic nitrogens is 1. The summed E-state index contributed by atoms with van der Waals surface area (Å²) in [5, 5.41) is 3.22. The molecule has 0 aliphatic carbocycles. The van der Waals surface area contributed by atoms with Gasteiger partial charge in [-0.2, -0.15) is 0 Å². The van der Waals surface area contributed by atoms with Gasteiger partial charge in [0.25, 0.3) is 0 Å². The molecule has 0 amide bonds. The maximum atomic E-state index is 5.27. The normalized spacial score (nSPS) is 13.3. The molecular weight excluding hydrogens is 274 g/mol. The summed E-state index contributed by atoms with van der Waals surface area (Å²) in [6, 6.07) is 10.5. The van der Waals surface area contributed by atoms with Crippen LogP contribution < -0.4 is 15.0 Å². The highest BCUT2D eigenvalue weighted by Gasteiger charge is 2.12. The van der Waals surface area contributed by atoms with Crippen LogP contribution in [0, 0.1) is 6.92 Å². The molecule has 0 radical (unpaired) electrons. The van der Waals surface area contributed by atoms with Crippen molar-refractivity contribution < 1.29 is 4.74 Å². The maximum absolute atomic E-state index is 5.27. The molecule has 2 aromatic rings. The van der Waals surface area contributed by atoms with Crippen LogP contribution in [0.5, 0.6) is 5.75 Å². The average Bonchev–Trinajstić information content (AvgIpc) is 3.07. The smallest absolute Gasteiger partial charge is 0.122 e. The number of pyridine rings is 1. The minimum atomic E-state index is 0.827. The standard InChI is InChI=1S/C18H21N3O/c1-14-3-6-18(21-10-9-19-13-21)15(11-14)4-5-16-12-17(22-2)7-8-20-16/h3,6-12,19H,4-5,13H2,1-2H3. The summed E-state index contributed by atoms with van der Waals surface area (Å²) < 4.78 is 5.27. The van der Waals surface area contributed by atoms with Gasteiger partial charge in [0.1, 0.15) is 5.75 Å². The van der Waals surface area contributed by atoms with Crippen molar-refractivity contribution in [2.45, 2.75) is 19.8 Å². The van der Waals surface area contributed by atoms with Gasteiger partial charge in [-0.1, -0.05) is 17.7 Å². The first-order valence-corrected chi connectivity index (χ1v) is 7.51. The van der Waals surface area contributed by atoms with Crippen LogP contribution in [-0.4, -0.2) is 18.8 Å². The van der Waals surface area contributed by atoms with Gasteiger partial charge in [0.05, 0.1) is 13.8 Å². The Hall–Kier alpha value is -2.49. The summed E-state index contributed by atoms with van der Waals surface area (Å²) in [7, 11) is 1.69. The second kappa shape index (κ2) is 6.52. The first-order valence-electron chi connectivity index (χ1n) is 7.51. The Kier molecular flexibility index (Phi) is 4.28. The van der Waals surface area contributed by atoms with Crippen LogP contribution in [0.25, 0.3) is 0 Å². The lowest BCUT2D eigenvalue weighted by atomic mass is 10.0. The molecule has 0 unspecified atom stereocenters. The van der Waals surface area contributed by atoms with Gasteiger partial charge in [-0.15, -0.1) is 0 Å². The van der Waals surface area contributed by atoms with Crippen LogP contribution in [0.15, 0.2) is 48.9 Å². The molecule has 1 aliphatic rings. The fourth-order valence-corrected chi connectivity index (χ4v) is 2.69. The molecule has 0 saturated carbocycles. The van der Waals surface area contributed by atoms with E-state index >= 15 is 0 Å².